The molecule has 1 heterocycles. The van der Waals surface area contributed by atoms with E-state index in [0.29, 0.717) is 17.9 Å². The monoisotopic (exact) mass is 314 g/mol. The van der Waals surface area contributed by atoms with E-state index in [9.17, 15) is 9.59 Å². The van der Waals surface area contributed by atoms with Gasteiger partial charge in [0.1, 0.15) is 0 Å². The highest BCUT2D eigenvalue weighted by atomic mass is 16.2. The SMILES string of the molecule is O=C(NCCN1CC=CC1)Nc1cccc(NC(=O)C2CC2)c1. The fraction of sp³-hybridized carbons (Fsp3) is 0.412. The summed E-state index contributed by atoms with van der Waals surface area (Å²) in [5.74, 6) is 0.223. The second kappa shape index (κ2) is 7.28. The first-order valence-corrected chi connectivity index (χ1v) is 8.04. The van der Waals surface area contributed by atoms with E-state index in [2.05, 4.69) is 33.0 Å². The third-order valence-electron chi connectivity index (χ3n) is 3.94. The van der Waals surface area contributed by atoms with E-state index in [-0.39, 0.29) is 17.9 Å². The average Bonchev–Trinajstić information content (AvgIpc) is 3.26. The Bertz CT molecular complexity index is 602. The first-order valence-electron chi connectivity index (χ1n) is 8.04. The zero-order chi connectivity index (χ0) is 16.1. The van der Waals surface area contributed by atoms with Gasteiger partial charge in [-0.15, -0.1) is 0 Å². The molecule has 23 heavy (non-hydrogen) atoms. The van der Waals surface area contributed by atoms with Gasteiger partial charge in [0, 0.05) is 43.5 Å². The molecule has 2 aliphatic rings. The highest BCUT2D eigenvalue weighted by Crippen LogP contribution is 2.30. The molecule has 0 unspecified atom stereocenters. The summed E-state index contributed by atoms with van der Waals surface area (Å²) in [7, 11) is 0. The van der Waals surface area contributed by atoms with E-state index in [1.165, 1.54) is 0 Å². The average molecular weight is 314 g/mol. The number of hydrogen-bond donors (Lipinski definition) is 3. The largest absolute Gasteiger partial charge is 0.337 e. The Labute approximate surface area is 135 Å². The Morgan fingerprint density at radius 1 is 1.09 bits per heavy atom. The number of carbonyl (C=O) groups is 2. The minimum Gasteiger partial charge on any atom is -0.337 e. The molecule has 1 aromatic carbocycles. The number of amides is 3. The number of benzene rings is 1. The summed E-state index contributed by atoms with van der Waals surface area (Å²) >= 11 is 0. The van der Waals surface area contributed by atoms with Gasteiger partial charge >= 0.3 is 6.03 Å². The van der Waals surface area contributed by atoms with Crippen LogP contribution >= 0.6 is 0 Å². The molecule has 0 aromatic heterocycles. The number of nitrogens with zero attached hydrogens (tertiary/aromatic N) is 1. The maximum Gasteiger partial charge on any atom is 0.319 e. The van der Waals surface area contributed by atoms with Crippen molar-refractivity contribution in [3.05, 3.63) is 36.4 Å². The van der Waals surface area contributed by atoms with E-state index in [1.54, 1.807) is 12.1 Å². The van der Waals surface area contributed by atoms with Crippen LogP contribution in [0.25, 0.3) is 0 Å². The number of anilines is 2. The quantitative estimate of drug-likeness (QED) is 0.703. The van der Waals surface area contributed by atoms with Crippen molar-refractivity contribution in [2.75, 3.05) is 36.8 Å². The Balaban J connectivity index is 1.42. The lowest BCUT2D eigenvalue weighted by Crippen LogP contribution is -2.36. The van der Waals surface area contributed by atoms with Crippen LogP contribution in [-0.2, 0) is 4.79 Å². The summed E-state index contributed by atoms with van der Waals surface area (Å²) in [6, 6.07) is 6.97. The van der Waals surface area contributed by atoms with Crippen molar-refractivity contribution in [3.8, 4) is 0 Å². The fourth-order valence-electron chi connectivity index (χ4n) is 2.47. The van der Waals surface area contributed by atoms with Gasteiger partial charge in [-0.2, -0.15) is 0 Å². The maximum atomic E-state index is 11.9. The molecular weight excluding hydrogens is 292 g/mol. The summed E-state index contributed by atoms with van der Waals surface area (Å²) < 4.78 is 0. The van der Waals surface area contributed by atoms with Crippen LogP contribution in [0, 0.1) is 5.92 Å². The molecule has 6 nitrogen and oxygen atoms in total. The zero-order valence-corrected chi connectivity index (χ0v) is 13.0. The number of carbonyl (C=O) groups excluding carboxylic acids is 2. The van der Waals surface area contributed by atoms with Crippen LogP contribution in [-0.4, -0.2) is 43.0 Å². The lowest BCUT2D eigenvalue weighted by atomic mass is 10.2. The summed E-state index contributed by atoms with van der Waals surface area (Å²) in [6.07, 6.45) is 6.19. The van der Waals surface area contributed by atoms with Gasteiger partial charge in [0.2, 0.25) is 5.91 Å². The number of rotatable bonds is 6. The minimum atomic E-state index is -0.233. The van der Waals surface area contributed by atoms with E-state index in [4.69, 9.17) is 0 Å². The number of nitrogens with one attached hydrogen (secondary N) is 3. The Hall–Kier alpha value is -2.34. The summed E-state index contributed by atoms with van der Waals surface area (Å²) in [5, 5.41) is 8.50. The highest BCUT2D eigenvalue weighted by molar-refractivity contribution is 5.95. The third-order valence-corrected chi connectivity index (χ3v) is 3.94. The summed E-state index contributed by atoms with van der Waals surface area (Å²) in [6.45, 7) is 3.33. The molecule has 1 fully saturated rings. The van der Waals surface area contributed by atoms with Gasteiger partial charge in [0.15, 0.2) is 0 Å². The van der Waals surface area contributed by atoms with Crippen molar-refractivity contribution < 1.29 is 9.59 Å². The van der Waals surface area contributed by atoms with Crippen LogP contribution in [0.3, 0.4) is 0 Å². The smallest absolute Gasteiger partial charge is 0.319 e. The Morgan fingerprint density at radius 3 is 2.48 bits per heavy atom. The van der Waals surface area contributed by atoms with Crippen molar-refractivity contribution in [2.45, 2.75) is 12.8 Å². The first kappa shape index (κ1) is 15.6. The van der Waals surface area contributed by atoms with Crippen molar-refractivity contribution in [1.29, 1.82) is 0 Å². The van der Waals surface area contributed by atoms with Crippen LogP contribution in [0.4, 0.5) is 16.2 Å². The molecular formula is C17H22N4O2. The molecule has 1 saturated carbocycles. The van der Waals surface area contributed by atoms with Gasteiger partial charge < -0.3 is 16.0 Å². The van der Waals surface area contributed by atoms with Crippen molar-refractivity contribution in [2.24, 2.45) is 5.92 Å². The van der Waals surface area contributed by atoms with Gasteiger partial charge in [-0.1, -0.05) is 18.2 Å². The normalized spacial score (nSPS) is 17.0. The second-order valence-corrected chi connectivity index (χ2v) is 5.96. The first-order chi connectivity index (χ1) is 11.2. The third kappa shape index (κ3) is 4.82. The molecule has 3 rings (SSSR count). The fourth-order valence-corrected chi connectivity index (χ4v) is 2.47. The zero-order valence-electron chi connectivity index (χ0n) is 13.0. The van der Waals surface area contributed by atoms with Crippen molar-refractivity contribution >= 4 is 23.3 Å². The van der Waals surface area contributed by atoms with Crippen molar-refractivity contribution in [1.82, 2.24) is 10.2 Å². The number of urea groups is 1. The lowest BCUT2D eigenvalue weighted by Gasteiger charge is -2.15. The minimum absolute atomic E-state index is 0.0609. The van der Waals surface area contributed by atoms with Gasteiger partial charge in [-0.05, 0) is 31.0 Å². The van der Waals surface area contributed by atoms with Crippen LogP contribution < -0.4 is 16.0 Å². The van der Waals surface area contributed by atoms with Gasteiger partial charge in [0.25, 0.3) is 0 Å². The molecule has 0 bridgehead atoms. The molecule has 0 saturated heterocycles. The van der Waals surface area contributed by atoms with Gasteiger partial charge in [-0.3, -0.25) is 9.69 Å². The van der Waals surface area contributed by atoms with Crippen LogP contribution in [0.2, 0.25) is 0 Å². The van der Waals surface area contributed by atoms with Gasteiger partial charge in [0.05, 0.1) is 0 Å². The Kier molecular flexibility index (Phi) is 4.92. The second-order valence-electron chi connectivity index (χ2n) is 5.96. The molecule has 1 aromatic rings. The van der Waals surface area contributed by atoms with E-state index in [1.807, 2.05) is 12.1 Å². The maximum absolute atomic E-state index is 11.9. The molecule has 1 aliphatic heterocycles. The molecule has 3 amide bonds. The van der Waals surface area contributed by atoms with E-state index >= 15 is 0 Å². The lowest BCUT2D eigenvalue weighted by molar-refractivity contribution is -0.117. The van der Waals surface area contributed by atoms with E-state index < -0.39 is 0 Å². The summed E-state index contributed by atoms with van der Waals surface area (Å²) in [5.41, 5.74) is 1.38. The van der Waals surface area contributed by atoms with E-state index in [0.717, 1.165) is 32.5 Å². The predicted molar refractivity (Wildman–Crippen MR) is 90.4 cm³/mol. The Morgan fingerprint density at radius 2 is 1.78 bits per heavy atom. The number of hydrogen-bond acceptors (Lipinski definition) is 3. The standard InChI is InChI=1S/C17H22N4O2/c22-16(13-6-7-13)19-14-4-3-5-15(12-14)20-17(23)18-8-11-21-9-1-2-10-21/h1-5,12-13H,6-11H2,(H,19,22)(H2,18,20,23). The summed E-state index contributed by atoms with van der Waals surface area (Å²) in [4.78, 5) is 25.9. The van der Waals surface area contributed by atoms with Crippen LogP contribution in [0.15, 0.2) is 36.4 Å². The molecule has 0 atom stereocenters. The molecule has 0 spiro atoms. The molecule has 3 N–H and O–H groups in total. The molecule has 122 valence electrons. The van der Waals surface area contributed by atoms with Crippen molar-refractivity contribution in [3.63, 3.8) is 0 Å². The van der Waals surface area contributed by atoms with Crippen LogP contribution in [0.1, 0.15) is 12.8 Å². The molecule has 1 aliphatic carbocycles. The topological polar surface area (TPSA) is 73.5 Å². The van der Waals surface area contributed by atoms with Crippen LogP contribution in [0.5, 0.6) is 0 Å². The molecule has 0 radical (unpaired) electrons. The predicted octanol–water partition coefficient (Wildman–Crippen LogP) is 2.03. The van der Waals surface area contributed by atoms with Gasteiger partial charge in [-0.25, -0.2) is 4.79 Å². The molecule has 6 heteroatoms. The highest BCUT2D eigenvalue weighted by Gasteiger charge is 2.29.